The minimum absolute atomic E-state index is 0.579. The Morgan fingerprint density at radius 1 is 1.08 bits per heavy atom. The van der Waals surface area contributed by atoms with Crippen molar-refractivity contribution in [1.29, 1.82) is 0 Å². The van der Waals surface area contributed by atoms with E-state index >= 15 is 0 Å². The minimum atomic E-state index is -0.890. The molecule has 2 aromatic rings. The zero-order valence-corrected chi connectivity index (χ0v) is 14.0. The van der Waals surface area contributed by atoms with Crippen LogP contribution in [-0.4, -0.2) is 29.7 Å². The number of carboxylic acids is 1. The van der Waals surface area contributed by atoms with Crippen molar-refractivity contribution in [2.75, 3.05) is 23.3 Å². The Morgan fingerprint density at radius 3 is 2.33 bits per heavy atom. The third-order valence-corrected chi connectivity index (χ3v) is 4.90. The average Bonchev–Trinajstić information content (AvgIpc) is 2.63. The van der Waals surface area contributed by atoms with Gasteiger partial charge in [-0.15, -0.1) is 0 Å². The van der Waals surface area contributed by atoms with Gasteiger partial charge in [0.25, 0.3) is 0 Å². The lowest BCUT2D eigenvalue weighted by Gasteiger charge is -2.41. The SMILES string of the molecule is CCc1ccccc1N1CCC(Nc2ccccc2)(C(=O)O)CC1. The van der Waals surface area contributed by atoms with Gasteiger partial charge >= 0.3 is 5.97 Å². The highest BCUT2D eigenvalue weighted by molar-refractivity contribution is 5.83. The monoisotopic (exact) mass is 324 g/mol. The van der Waals surface area contributed by atoms with Gasteiger partial charge in [0.2, 0.25) is 0 Å². The summed E-state index contributed by atoms with van der Waals surface area (Å²) in [7, 11) is 0. The number of hydrogen-bond acceptors (Lipinski definition) is 3. The van der Waals surface area contributed by atoms with Gasteiger partial charge in [0.05, 0.1) is 0 Å². The number of carboxylic acid groups (broad SMARTS) is 1. The highest BCUT2D eigenvalue weighted by atomic mass is 16.4. The molecular formula is C20H24N2O2. The van der Waals surface area contributed by atoms with Crippen molar-refractivity contribution < 1.29 is 9.90 Å². The molecule has 1 heterocycles. The zero-order valence-electron chi connectivity index (χ0n) is 14.0. The predicted octanol–water partition coefficient (Wildman–Crippen LogP) is 3.78. The van der Waals surface area contributed by atoms with Crippen molar-refractivity contribution in [2.24, 2.45) is 0 Å². The molecule has 1 aliphatic heterocycles. The van der Waals surface area contributed by atoms with E-state index in [1.54, 1.807) is 0 Å². The lowest BCUT2D eigenvalue weighted by molar-refractivity contribution is -0.143. The quantitative estimate of drug-likeness (QED) is 0.879. The normalized spacial score (nSPS) is 16.6. The molecule has 0 radical (unpaired) electrons. The van der Waals surface area contributed by atoms with Crippen LogP contribution in [0.5, 0.6) is 0 Å². The molecule has 1 saturated heterocycles. The second-order valence-corrected chi connectivity index (χ2v) is 6.35. The first kappa shape index (κ1) is 16.4. The molecule has 0 aromatic heterocycles. The number of nitrogens with zero attached hydrogens (tertiary/aromatic N) is 1. The Bertz CT molecular complexity index is 692. The molecule has 2 N–H and O–H groups in total. The van der Waals surface area contributed by atoms with Crippen LogP contribution in [0.15, 0.2) is 54.6 Å². The first-order valence-corrected chi connectivity index (χ1v) is 8.54. The van der Waals surface area contributed by atoms with E-state index in [0.29, 0.717) is 12.8 Å². The molecule has 1 aliphatic rings. The van der Waals surface area contributed by atoms with E-state index in [1.807, 2.05) is 30.3 Å². The van der Waals surface area contributed by atoms with Crippen LogP contribution in [-0.2, 0) is 11.2 Å². The number of rotatable bonds is 5. The standard InChI is InChI=1S/C20H24N2O2/c1-2-16-8-6-7-11-18(16)22-14-12-20(13-15-22,19(23)24)21-17-9-4-3-5-10-17/h3-11,21H,2,12-15H2,1H3,(H,23,24). The Morgan fingerprint density at radius 2 is 1.71 bits per heavy atom. The van der Waals surface area contributed by atoms with Crippen LogP contribution in [0.1, 0.15) is 25.3 Å². The molecule has 4 nitrogen and oxygen atoms in total. The van der Waals surface area contributed by atoms with Crippen molar-refractivity contribution in [1.82, 2.24) is 0 Å². The summed E-state index contributed by atoms with van der Waals surface area (Å²) in [6.07, 6.45) is 2.14. The largest absolute Gasteiger partial charge is 0.480 e. The first-order chi connectivity index (χ1) is 11.6. The Kier molecular flexibility index (Phi) is 4.74. The molecule has 2 aromatic carbocycles. The summed E-state index contributed by atoms with van der Waals surface area (Å²) >= 11 is 0. The lowest BCUT2D eigenvalue weighted by Crippen LogP contribution is -2.54. The van der Waals surface area contributed by atoms with E-state index in [1.165, 1.54) is 11.3 Å². The Hall–Kier alpha value is -2.49. The summed E-state index contributed by atoms with van der Waals surface area (Å²) < 4.78 is 0. The molecule has 3 rings (SSSR count). The van der Waals surface area contributed by atoms with E-state index in [0.717, 1.165) is 25.2 Å². The molecule has 0 aliphatic carbocycles. The van der Waals surface area contributed by atoms with E-state index in [9.17, 15) is 9.90 Å². The summed E-state index contributed by atoms with van der Waals surface area (Å²) in [4.78, 5) is 14.3. The van der Waals surface area contributed by atoms with Gasteiger partial charge in [0.15, 0.2) is 0 Å². The number of anilines is 2. The van der Waals surface area contributed by atoms with Crippen molar-refractivity contribution in [3.8, 4) is 0 Å². The summed E-state index contributed by atoms with van der Waals surface area (Å²) in [5, 5.41) is 13.1. The highest BCUT2D eigenvalue weighted by Gasteiger charge is 2.41. The summed E-state index contributed by atoms with van der Waals surface area (Å²) in [6, 6.07) is 18.0. The van der Waals surface area contributed by atoms with Crippen molar-refractivity contribution in [3.63, 3.8) is 0 Å². The fraction of sp³-hybridized carbons (Fsp3) is 0.350. The molecule has 126 valence electrons. The van der Waals surface area contributed by atoms with Crippen LogP contribution in [0.25, 0.3) is 0 Å². The number of nitrogens with one attached hydrogen (secondary N) is 1. The van der Waals surface area contributed by atoms with Crippen LogP contribution in [0.2, 0.25) is 0 Å². The van der Waals surface area contributed by atoms with Gasteiger partial charge in [-0.25, -0.2) is 4.79 Å². The van der Waals surface area contributed by atoms with E-state index in [-0.39, 0.29) is 0 Å². The minimum Gasteiger partial charge on any atom is -0.480 e. The number of hydrogen-bond donors (Lipinski definition) is 2. The maximum Gasteiger partial charge on any atom is 0.329 e. The zero-order chi connectivity index (χ0) is 17.0. The highest BCUT2D eigenvalue weighted by Crippen LogP contribution is 2.31. The van der Waals surface area contributed by atoms with Crippen LogP contribution in [0.3, 0.4) is 0 Å². The molecule has 4 heteroatoms. The third-order valence-electron chi connectivity index (χ3n) is 4.90. The smallest absolute Gasteiger partial charge is 0.329 e. The van der Waals surface area contributed by atoms with E-state index in [2.05, 4.69) is 41.4 Å². The van der Waals surface area contributed by atoms with Crippen LogP contribution >= 0.6 is 0 Å². The number of benzene rings is 2. The molecule has 0 atom stereocenters. The molecule has 0 bridgehead atoms. The number of aryl methyl sites for hydroxylation is 1. The molecule has 0 unspecified atom stereocenters. The first-order valence-electron chi connectivity index (χ1n) is 8.54. The van der Waals surface area contributed by atoms with Crippen LogP contribution < -0.4 is 10.2 Å². The molecule has 0 saturated carbocycles. The molecular weight excluding hydrogens is 300 g/mol. The van der Waals surface area contributed by atoms with Gasteiger partial charge in [-0.1, -0.05) is 43.3 Å². The van der Waals surface area contributed by atoms with Crippen molar-refractivity contribution >= 4 is 17.3 Å². The maximum absolute atomic E-state index is 12.0. The van der Waals surface area contributed by atoms with Gasteiger partial charge < -0.3 is 15.3 Å². The number of para-hydroxylation sites is 2. The second kappa shape index (κ2) is 6.95. The van der Waals surface area contributed by atoms with Gasteiger partial charge in [-0.2, -0.15) is 0 Å². The molecule has 0 amide bonds. The average molecular weight is 324 g/mol. The molecule has 24 heavy (non-hydrogen) atoms. The predicted molar refractivity (Wildman–Crippen MR) is 97.7 cm³/mol. The van der Waals surface area contributed by atoms with Gasteiger partial charge in [-0.3, -0.25) is 0 Å². The fourth-order valence-corrected chi connectivity index (χ4v) is 3.44. The van der Waals surface area contributed by atoms with Crippen molar-refractivity contribution in [2.45, 2.75) is 31.7 Å². The Labute approximate surface area is 143 Å². The molecule has 0 spiro atoms. The fourth-order valence-electron chi connectivity index (χ4n) is 3.44. The maximum atomic E-state index is 12.0. The summed E-state index contributed by atoms with van der Waals surface area (Å²) in [6.45, 7) is 3.63. The second-order valence-electron chi connectivity index (χ2n) is 6.35. The van der Waals surface area contributed by atoms with E-state index < -0.39 is 11.5 Å². The van der Waals surface area contributed by atoms with Gasteiger partial charge in [0, 0.05) is 24.5 Å². The Balaban J connectivity index is 1.77. The number of piperidine rings is 1. The number of carbonyl (C=O) groups is 1. The topological polar surface area (TPSA) is 52.6 Å². The van der Waals surface area contributed by atoms with Crippen LogP contribution in [0.4, 0.5) is 11.4 Å². The summed E-state index contributed by atoms with van der Waals surface area (Å²) in [5.74, 6) is -0.769. The van der Waals surface area contributed by atoms with Gasteiger partial charge in [-0.05, 0) is 43.0 Å². The van der Waals surface area contributed by atoms with Crippen LogP contribution in [0, 0.1) is 0 Å². The van der Waals surface area contributed by atoms with Gasteiger partial charge in [0.1, 0.15) is 5.54 Å². The third kappa shape index (κ3) is 3.23. The van der Waals surface area contributed by atoms with E-state index in [4.69, 9.17) is 0 Å². The van der Waals surface area contributed by atoms with Crippen molar-refractivity contribution in [3.05, 3.63) is 60.2 Å². The molecule has 1 fully saturated rings. The lowest BCUT2D eigenvalue weighted by atomic mass is 9.86. The number of aliphatic carboxylic acids is 1. The summed E-state index contributed by atoms with van der Waals surface area (Å²) in [5.41, 5.74) is 2.52.